The molecule has 2 atom stereocenters. The van der Waals surface area contributed by atoms with Crippen molar-refractivity contribution in [3.05, 3.63) is 46.3 Å². The molecule has 2 rings (SSSR count). The van der Waals surface area contributed by atoms with Gasteiger partial charge in [-0.3, -0.25) is 4.90 Å². The first-order valence-corrected chi connectivity index (χ1v) is 11.6. The van der Waals surface area contributed by atoms with Gasteiger partial charge in [-0.05, 0) is 38.5 Å². The second kappa shape index (κ2) is 12.6. The van der Waals surface area contributed by atoms with E-state index >= 15 is 0 Å². The average Bonchev–Trinajstić information content (AvgIpc) is 3.12. The molecule has 2 heterocycles. The van der Waals surface area contributed by atoms with E-state index in [1.54, 1.807) is 4.90 Å². The van der Waals surface area contributed by atoms with Crippen LogP contribution in [0.1, 0.15) is 26.2 Å². The number of amides is 2. The number of carbonyl (C=O) groups excluding carboxylic acids is 1. The van der Waals surface area contributed by atoms with Gasteiger partial charge in [0.25, 0.3) is 0 Å². The van der Waals surface area contributed by atoms with Crippen LogP contribution in [0.4, 0.5) is 9.18 Å². The third kappa shape index (κ3) is 7.02. The van der Waals surface area contributed by atoms with Crippen LogP contribution in [0.15, 0.2) is 46.3 Å². The summed E-state index contributed by atoms with van der Waals surface area (Å²) in [6, 6.07) is -0.114. The molecule has 0 aromatic carbocycles. The number of carbonyl (C=O) groups is 1. The molecule has 1 saturated heterocycles. The predicted molar refractivity (Wildman–Crippen MR) is 122 cm³/mol. The van der Waals surface area contributed by atoms with E-state index in [1.165, 1.54) is 6.21 Å². The monoisotopic (exact) mass is 436 g/mol. The minimum atomic E-state index is -1.20. The highest BCUT2D eigenvalue weighted by atomic mass is 32.2. The first-order valence-electron chi connectivity index (χ1n) is 10.4. The standard InChI is InChI=1S/C22H33FN4O2S/c1-3-20(30(29)21-8-13-26(14-9-21)15-10-23)6-4-5-12-25-22(28)27-16-18(2)19(17-27)7-11-24/h3-4,6,8,11,19,24H,2,5,7,9-10,12-17H2,1H3,(H,25,28)/b6-4-,20-3+,24-11?. The zero-order valence-corrected chi connectivity index (χ0v) is 18.6. The van der Waals surface area contributed by atoms with Crippen LogP contribution in [0.2, 0.25) is 0 Å². The Morgan fingerprint density at radius 3 is 2.93 bits per heavy atom. The second-order valence-electron chi connectivity index (χ2n) is 7.47. The Morgan fingerprint density at radius 1 is 1.50 bits per heavy atom. The molecule has 0 aromatic rings. The van der Waals surface area contributed by atoms with Crippen LogP contribution >= 0.6 is 0 Å². The Morgan fingerprint density at radius 2 is 2.30 bits per heavy atom. The summed E-state index contributed by atoms with van der Waals surface area (Å²) in [4.78, 5) is 17.7. The van der Waals surface area contributed by atoms with Gasteiger partial charge < -0.3 is 15.6 Å². The van der Waals surface area contributed by atoms with Gasteiger partial charge in [-0.15, -0.1) is 0 Å². The zero-order valence-electron chi connectivity index (χ0n) is 17.7. The van der Waals surface area contributed by atoms with E-state index in [4.69, 9.17) is 5.41 Å². The van der Waals surface area contributed by atoms with E-state index in [0.717, 1.165) is 21.9 Å². The molecule has 2 aliphatic rings. The maximum Gasteiger partial charge on any atom is 0.317 e. The Bertz CT molecular complexity index is 747. The number of rotatable bonds is 10. The van der Waals surface area contributed by atoms with Crippen LogP contribution in [-0.2, 0) is 10.8 Å². The Kier molecular flexibility index (Phi) is 10.2. The molecule has 2 amide bonds. The molecule has 8 heteroatoms. The van der Waals surface area contributed by atoms with Gasteiger partial charge in [0.1, 0.15) is 6.67 Å². The first-order chi connectivity index (χ1) is 14.5. The van der Waals surface area contributed by atoms with E-state index < -0.39 is 10.8 Å². The van der Waals surface area contributed by atoms with Crippen molar-refractivity contribution in [1.29, 1.82) is 5.41 Å². The van der Waals surface area contributed by atoms with Gasteiger partial charge in [-0.2, -0.15) is 0 Å². The first kappa shape index (κ1) is 24.2. The van der Waals surface area contributed by atoms with Gasteiger partial charge in [-0.1, -0.05) is 30.4 Å². The summed E-state index contributed by atoms with van der Waals surface area (Å²) in [5, 5.41) is 10.1. The van der Waals surface area contributed by atoms with Crippen LogP contribution in [-0.4, -0.2) is 72.2 Å². The van der Waals surface area contributed by atoms with Crippen molar-refractivity contribution in [2.75, 3.05) is 45.9 Å². The van der Waals surface area contributed by atoms with Crippen molar-refractivity contribution in [3.8, 4) is 0 Å². The molecular formula is C22H33FN4O2S. The molecule has 2 unspecified atom stereocenters. The van der Waals surface area contributed by atoms with E-state index in [0.29, 0.717) is 52.0 Å². The van der Waals surface area contributed by atoms with Gasteiger partial charge in [0.15, 0.2) is 0 Å². The molecule has 166 valence electrons. The second-order valence-corrected chi connectivity index (χ2v) is 9.00. The van der Waals surface area contributed by atoms with Crippen molar-refractivity contribution in [1.82, 2.24) is 15.1 Å². The van der Waals surface area contributed by atoms with E-state index in [2.05, 4.69) is 11.9 Å². The number of alkyl halides is 1. The average molecular weight is 437 g/mol. The quantitative estimate of drug-likeness (QED) is 0.239. The molecule has 0 saturated carbocycles. The smallest absolute Gasteiger partial charge is 0.317 e. The lowest BCUT2D eigenvalue weighted by atomic mass is 10.0. The number of urea groups is 1. The Labute approximate surface area is 181 Å². The van der Waals surface area contributed by atoms with Crippen molar-refractivity contribution in [3.63, 3.8) is 0 Å². The third-order valence-corrected chi connectivity index (χ3v) is 7.01. The Hall–Kier alpha value is -2.06. The van der Waals surface area contributed by atoms with Crippen LogP contribution in [0.3, 0.4) is 0 Å². The molecular weight excluding hydrogens is 403 g/mol. The molecule has 2 aliphatic heterocycles. The summed E-state index contributed by atoms with van der Waals surface area (Å²) in [7, 11) is -1.20. The number of hydrogen-bond acceptors (Lipinski definition) is 4. The third-order valence-electron chi connectivity index (χ3n) is 5.36. The summed E-state index contributed by atoms with van der Waals surface area (Å²) in [5.41, 5.74) is 0.999. The Balaban J connectivity index is 1.75. The lowest BCUT2D eigenvalue weighted by molar-refractivity contribution is 0.208. The number of nitrogens with one attached hydrogen (secondary N) is 2. The molecule has 1 fully saturated rings. The molecule has 30 heavy (non-hydrogen) atoms. The fourth-order valence-corrected chi connectivity index (χ4v) is 4.79. The van der Waals surface area contributed by atoms with Crippen molar-refractivity contribution >= 4 is 23.0 Å². The van der Waals surface area contributed by atoms with Gasteiger partial charge in [0, 0.05) is 55.0 Å². The number of halogens is 1. The van der Waals surface area contributed by atoms with Gasteiger partial charge in [0.2, 0.25) is 0 Å². The molecule has 0 bridgehead atoms. The van der Waals surface area contributed by atoms with E-state index in [1.807, 2.05) is 36.1 Å². The van der Waals surface area contributed by atoms with Crippen molar-refractivity contribution < 1.29 is 13.4 Å². The maximum absolute atomic E-state index is 12.8. The number of allylic oxidation sites excluding steroid dienone is 2. The van der Waals surface area contributed by atoms with Crippen LogP contribution in [0.5, 0.6) is 0 Å². The summed E-state index contributed by atoms with van der Waals surface area (Å²) in [5.74, 6) is 0.179. The van der Waals surface area contributed by atoms with Gasteiger partial charge in [-0.25, -0.2) is 13.4 Å². The van der Waals surface area contributed by atoms with Crippen molar-refractivity contribution in [2.24, 2.45) is 5.92 Å². The lowest BCUT2D eigenvalue weighted by Crippen LogP contribution is -2.38. The number of likely N-dealkylation sites (tertiary alicyclic amines) is 1. The van der Waals surface area contributed by atoms with Gasteiger partial charge in [0.05, 0.1) is 10.8 Å². The predicted octanol–water partition coefficient (Wildman–Crippen LogP) is 3.38. The summed E-state index contributed by atoms with van der Waals surface area (Å²) >= 11 is 0. The SMILES string of the molecule is C=C1CN(C(=O)NCC/C=C\C(=C/C)S(=O)C2=CCN(CCF)CC2)CC1CC=N. The normalized spacial score (nSPS) is 21.7. The molecule has 2 N–H and O–H groups in total. The minimum absolute atomic E-state index is 0.114. The van der Waals surface area contributed by atoms with Crippen LogP contribution in [0.25, 0.3) is 0 Å². The zero-order chi connectivity index (χ0) is 21.9. The summed E-state index contributed by atoms with van der Waals surface area (Å²) in [6.45, 7) is 8.95. The van der Waals surface area contributed by atoms with Crippen LogP contribution in [0, 0.1) is 11.3 Å². The number of nitrogens with zero attached hydrogens (tertiary/aromatic N) is 2. The fraction of sp³-hybridized carbons (Fsp3) is 0.545. The fourth-order valence-electron chi connectivity index (χ4n) is 3.55. The largest absolute Gasteiger partial charge is 0.338 e. The molecule has 0 radical (unpaired) electrons. The van der Waals surface area contributed by atoms with Gasteiger partial charge >= 0.3 is 6.03 Å². The molecule has 0 aliphatic carbocycles. The highest BCUT2D eigenvalue weighted by molar-refractivity contribution is 7.93. The van der Waals surface area contributed by atoms with E-state index in [9.17, 15) is 13.4 Å². The topological polar surface area (TPSA) is 76.5 Å². The highest BCUT2D eigenvalue weighted by Gasteiger charge is 2.28. The van der Waals surface area contributed by atoms with E-state index in [-0.39, 0.29) is 18.6 Å². The molecule has 0 aromatic heterocycles. The number of hydrogen-bond donors (Lipinski definition) is 2. The lowest BCUT2D eigenvalue weighted by Gasteiger charge is -2.24. The molecule has 6 nitrogen and oxygen atoms in total. The maximum atomic E-state index is 12.8. The highest BCUT2D eigenvalue weighted by Crippen LogP contribution is 2.23. The minimum Gasteiger partial charge on any atom is -0.338 e. The molecule has 0 spiro atoms. The summed E-state index contributed by atoms with van der Waals surface area (Å²) < 4.78 is 25.2. The van der Waals surface area contributed by atoms with Crippen LogP contribution < -0.4 is 5.32 Å². The van der Waals surface area contributed by atoms with Crippen molar-refractivity contribution in [2.45, 2.75) is 26.2 Å². The summed E-state index contributed by atoms with van der Waals surface area (Å²) in [6.07, 6.45) is 10.9.